The molecule has 1 aliphatic carbocycles. The number of thiophene rings is 1. The van der Waals surface area contributed by atoms with Gasteiger partial charge in [0, 0.05) is 53.7 Å². The first-order chi connectivity index (χ1) is 16.8. The third kappa shape index (κ3) is 3.27. The maximum Gasteiger partial charge on any atom is 0.184 e. The quantitative estimate of drug-likeness (QED) is 0.378. The van der Waals surface area contributed by atoms with Crippen LogP contribution in [0.4, 0.5) is 0 Å². The lowest BCUT2D eigenvalue weighted by molar-refractivity contribution is 0.0365. The Morgan fingerprint density at radius 3 is 2.94 bits per heavy atom. The number of nitrogens with zero attached hydrogens (tertiary/aromatic N) is 6. The summed E-state index contributed by atoms with van der Waals surface area (Å²) in [6, 6.07) is 8.60. The Labute approximate surface area is 202 Å². The van der Waals surface area contributed by atoms with Crippen LogP contribution < -0.4 is 0 Å². The van der Waals surface area contributed by atoms with Crippen LogP contribution in [0.3, 0.4) is 0 Å². The SMILES string of the molecule is CC1CCCc2sc3ncn4nc(-c5cn(CCN6CCOCC6)c6ccccc56)nc4c3c21. The molecule has 1 atom stereocenters. The summed E-state index contributed by atoms with van der Waals surface area (Å²) in [7, 11) is 0. The van der Waals surface area contributed by atoms with Crippen LogP contribution in [0.25, 0.3) is 38.2 Å². The number of aromatic nitrogens is 5. The standard InChI is InChI=1S/C26H28N6OS/c1-17-5-4-8-21-22(17)23-25-28-24(29-32(25)16-27-26(23)34-21)19-15-31(20-7-3-2-6-18(19)20)10-9-30-11-13-33-14-12-30/h2-3,6-7,15-17H,4-5,8-14H2,1H3. The van der Waals surface area contributed by atoms with Crippen LogP contribution >= 0.6 is 11.3 Å². The minimum absolute atomic E-state index is 0.549. The number of hydrogen-bond acceptors (Lipinski definition) is 6. The summed E-state index contributed by atoms with van der Waals surface area (Å²) in [4.78, 5) is 14.9. The zero-order valence-electron chi connectivity index (χ0n) is 19.4. The van der Waals surface area contributed by atoms with E-state index in [4.69, 9.17) is 19.8 Å². The molecule has 0 bridgehead atoms. The van der Waals surface area contributed by atoms with Crippen LogP contribution in [0.15, 0.2) is 36.8 Å². The van der Waals surface area contributed by atoms with Crippen molar-refractivity contribution in [3.63, 3.8) is 0 Å². The van der Waals surface area contributed by atoms with Crippen LogP contribution in [0.1, 0.15) is 36.1 Å². The third-order valence-corrected chi connectivity index (χ3v) is 8.64. The second kappa shape index (κ2) is 8.15. The van der Waals surface area contributed by atoms with Crippen LogP contribution in [-0.2, 0) is 17.7 Å². The first-order valence-corrected chi connectivity index (χ1v) is 13.1. The molecule has 7 rings (SSSR count). The molecule has 0 N–H and O–H groups in total. The molecule has 1 saturated heterocycles. The Bertz CT molecular complexity index is 1510. The predicted octanol–water partition coefficient (Wildman–Crippen LogP) is 4.73. The van der Waals surface area contributed by atoms with E-state index in [1.807, 2.05) is 22.2 Å². The van der Waals surface area contributed by atoms with Gasteiger partial charge in [-0.2, -0.15) is 0 Å². The van der Waals surface area contributed by atoms with E-state index < -0.39 is 0 Å². The van der Waals surface area contributed by atoms with Gasteiger partial charge in [0.25, 0.3) is 0 Å². The fraction of sp³-hybridized carbons (Fsp3) is 0.423. The summed E-state index contributed by atoms with van der Waals surface area (Å²) >= 11 is 1.84. The lowest BCUT2D eigenvalue weighted by atomic mass is 9.87. The normalized spacial score (nSPS) is 19.4. The van der Waals surface area contributed by atoms with Crippen molar-refractivity contribution < 1.29 is 4.74 Å². The monoisotopic (exact) mass is 472 g/mol. The highest BCUT2D eigenvalue weighted by Crippen LogP contribution is 2.43. The van der Waals surface area contributed by atoms with Crippen molar-refractivity contribution in [2.75, 3.05) is 32.8 Å². The number of fused-ring (bicyclic) bond motifs is 6. The molecule has 0 amide bonds. The van der Waals surface area contributed by atoms with Crippen molar-refractivity contribution in [1.82, 2.24) is 29.0 Å². The molecule has 2 aliphatic rings. The molecular formula is C26H28N6OS. The second-order valence-electron chi connectivity index (χ2n) is 9.57. The average molecular weight is 473 g/mol. The van der Waals surface area contributed by atoms with Gasteiger partial charge >= 0.3 is 0 Å². The van der Waals surface area contributed by atoms with E-state index in [9.17, 15) is 0 Å². The fourth-order valence-corrected chi connectivity index (χ4v) is 6.98. The molecule has 5 aromatic rings. The second-order valence-corrected chi connectivity index (χ2v) is 10.7. The number of ether oxygens (including phenoxy) is 1. The average Bonchev–Trinajstić information content (AvgIpc) is 3.56. The molecular weight excluding hydrogens is 444 g/mol. The number of aryl methyl sites for hydroxylation is 1. The first kappa shape index (κ1) is 20.6. The minimum atomic E-state index is 0.549. The van der Waals surface area contributed by atoms with Gasteiger partial charge in [-0.1, -0.05) is 25.1 Å². The third-order valence-electron chi connectivity index (χ3n) is 7.47. The van der Waals surface area contributed by atoms with Gasteiger partial charge < -0.3 is 9.30 Å². The molecule has 7 nitrogen and oxygen atoms in total. The van der Waals surface area contributed by atoms with Crippen molar-refractivity contribution in [3.05, 3.63) is 47.2 Å². The summed E-state index contributed by atoms with van der Waals surface area (Å²) in [5, 5.41) is 7.32. The Hall–Kier alpha value is -2.81. The first-order valence-electron chi connectivity index (χ1n) is 12.3. The summed E-state index contributed by atoms with van der Waals surface area (Å²) in [5.41, 5.74) is 4.72. The maximum atomic E-state index is 5.51. The molecule has 34 heavy (non-hydrogen) atoms. The highest BCUT2D eigenvalue weighted by atomic mass is 32.1. The predicted molar refractivity (Wildman–Crippen MR) is 136 cm³/mol. The zero-order valence-corrected chi connectivity index (χ0v) is 20.2. The summed E-state index contributed by atoms with van der Waals surface area (Å²) in [5.74, 6) is 1.33. The number of para-hydroxylation sites is 1. The van der Waals surface area contributed by atoms with Crippen molar-refractivity contribution >= 4 is 38.1 Å². The molecule has 4 aromatic heterocycles. The van der Waals surface area contributed by atoms with Gasteiger partial charge in [0.2, 0.25) is 0 Å². The van der Waals surface area contributed by atoms with E-state index in [1.54, 1.807) is 0 Å². The summed E-state index contributed by atoms with van der Waals surface area (Å²) in [6.07, 6.45) is 7.72. The number of morpholine rings is 1. The lowest BCUT2D eigenvalue weighted by Gasteiger charge is -2.26. The molecule has 0 radical (unpaired) electrons. The summed E-state index contributed by atoms with van der Waals surface area (Å²) in [6.45, 7) is 7.97. The zero-order chi connectivity index (χ0) is 22.6. The molecule has 174 valence electrons. The fourth-order valence-electron chi connectivity index (χ4n) is 5.68. The van der Waals surface area contributed by atoms with Gasteiger partial charge in [-0.25, -0.2) is 14.5 Å². The van der Waals surface area contributed by atoms with Crippen LogP contribution in [-0.4, -0.2) is 61.9 Å². The van der Waals surface area contributed by atoms with E-state index in [0.717, 1.165) is 67.7 Å². The van der Waals surface area contributed by atoms with Gasteiger partial charge in [0.1, 0.15) is 11.2 Å². The topological polar surface area (TPSA) is 60.5 Å². The van der Waals surface area contributed by atoms with E-state index in [2.05, 4.69) is 46.9 Å². The van der Waals surface area contributed by atoms with Crippen LogP contribution in [0.2, 0.25) is 0 Å². The van der Waals surface area contributed by atoms with E-state index in [0.29, 0.717) is 5.92 Å². The Morgan fingerprint density at radius 1 is 1.15 bits per heavy atom. The largest absolute Gasteiger partial charge is 0.379 e. The maximum absolute atomic E-state index is 5.51. The molecule has 1 fully saturated rings. The lowest BCUT2D eigenvalue weighted by Crippen LogP contribution is -2.38. The molecule has 0 spiro atoms. The van der Waals surface area contributed by atoms with Crippen LogP contribution in [0.5, 0.6) is 0 Å². The van der Waals surface area contributed by atoms with Crippen LogP contribution in [0, 0.1) is 0 Å². The van der Waals surface area contributed by atoms with Gasteiger partial charge in [-0.3, -0.25) is 4.90 Å². The molecule has 1 unspecified atom stereocenters. The Kier molecular flexibility index (Phi) is 4.93. The Balaban J connectivity index is 1.33. The number of rotatable bonds is 4. The smallest absolute Gasteiger partial charge is 0.184 e. The van der Waals surface area contributed by atoms with Gasteiger partial charge in [0.05, 0.1) is 18.6 Å². The molecule has 8 heteroatoms. The van der Waals surface area contributed by atoms with Gasteiger partial charge in [-0.05, 0) is 36.8 Å². The summed E-state index contributed by atoms with van der Waals surface area (Å²) < 4.78 is 9.74. The van der Waals surface area contributed by atoms with E-state index >= 15 is 0 Å². The van der Waals surface area contributed by atoms with E-state index in [1.165, 1.54) is 39.6 Å². The number of benzene rings is 1. The molecule has 0 saturated carbocycles. The van der Waals surface area contributed by atoms with Crippen molar-refractivity contribution in [2.24, 2.45) is 0 Å². The van der Waals surface area contributed by atoms with Gasteiger partial charge in [-0.15, -0.1) is 16.4 Å². The van der Waals surface area contributed by atoms with Crippen molar-refractivity contribution in [3.8, 4) is 11.4 Å². The molecule has 5 heterocycles. The Morgan fingerprint density at radius 2 is 2.03 bits per heavy atom. The highest BCUT2D eigenvalue weighted by molar-refractivity contribution is 7.19. The van der Waals surface area contributed by atoms with Gasteiger partial charge in [0.15, 0.2) is 11.5 Å². The minimum Gasteiger partial charge on any atom is -0.379 e. The van der Waals surface area contributed by atoms with Crippen molar-refractivity contribution in [1.29, 1.82) is 0 Å². The molecule has 1 aromatic carbocycles. The number of hydrogen-bond donors (Lipinski definition) is 0. The molecule has 1 aliphatic heterocycles. The van der Waals surface area contributed by atoms with E-state index in [-0.39, 0.29) is 0 Å². The highest BCUT2D eigenvalue weighted by Gasteiger charge is 2.26. The van der Waals surface area contributed by atoms with Crippen molar-refractivity contribution in [2.45, 2.75) is 38.6 Å².